The average Bonchev–Trinajstić information content (AvgIpc) is 3.08. The van der Waals surface area contributed by atoms with Gasteiger partial charge in [-0.25, -0.2) is 4.98 Å². The fraction of sp³-hybridized carbons (Fsp3) is 0.286. The molecule has 8 heteroatoms. The number of hydrogen-bond acceptors (Lipinski definition) is 6. The van der Waals surface area contributed by atoms with Crippen LogP contribution in [0.25, 0.3) is 22.3 Å². The predicted molar refractivity (Wildman–Crippen MR) is 117 cm³/mol. The number of rotatable bonds is 2. The zero-order valence-corrected chi connectivity index (χ0v) is 17.9. The summed E-state index contributed by atoms with van der Waals surface area (Å²) >= 11 is 2.04. The summed E-state index contributed by atoms with van der Waals surface area (Å²) in [7, 11) is 0. The van der Waals surface area contributed by atoms with Crippen molar-refractivity contribution in [3.8, 4) is 11.4 Å². The number of nitroso groups, excluding NO2 is 1. The molecule has 2 aromatic heterocycles. The lowest BCUT2D eigenvalue weighted by molar-refractivity contribution is -0.148. The zero-order chi connectivity index (χ0) is 20.5. The highest BCUT2D eigenvalue weighted by Gasteiger charge is 2.42. The highest BCUT2D eigenvalue weighted by Crippen LogP contribution is 2.42. The number of carbonyl (C=O) groups excluding carboxylic acids is 1. The Morgan fingerprint density at radius 3 is 2.79 bits per heavy atom. The second-order valence-corrected chi connectivity index (χ2v) is 9.61. The molecule has 2 aliphatic rings. The van der Waals surface area contributed by atoms with Gasteiger partial charge in [0.05, 0.1) is 29.0 Å². The Labute approximate surface area is 179 Å². The number of halogens is 1. The average molecular weight is 501 g/mol. The zero-order valence-electron chi connectivity index (χ0n) is 15.8. The largest absolute Gasteiger partial charge is 0.459 e. The number of ether oxygens (including phenoxy) is 1. The van der Waals surface area contributed by atoms with Crippen LogP contribution in [0.3, 0.4) is 0 Å². The van der Waals surface area contributed by atoms with Crippen molar-refractivity contribution in [3.63, 3.8) is 0 Å². The smallest absolute Gasteiger partial charge is 0.326 e. The van der Waals surface area contributed by atoms with Crippen molar-refractivity contribution in [1.29, 1.82) is 0 Å². The van der Waals surface area contributed by atoms with Crippen molar-refractivity contribution in [1.82, 2.24) is 9.55 Å². The van der Waals surface area contributed by atoms with Crippen LogP contribution in [-0.4, -0.2) is 15.5 Å². The number of cyclic esters (lactones) is 1. The fourth-order valence-electron chi connectivity index (χ4n) is 4.34. The number of benzene rings is 1. The summed E-state index contributed by atoms with van der Waals surface area (Å²) in [6, 6.07) is 7.08. The van der Waals surface area contributed by atoms with Gasteiger partial charge >= 0.3 is 5.97 Å². The molecule has 3 aromatic rings. The molecule has 0 aliphatic carbocycles. The van der Waals surface area contributed by atoms with Gasteiger partial charge in [-0.2, -0.15) is 0 Å². The summed E-state index contributed by atoms with van der Waals surface area (Å²) in [6.45, 7) is 4.21. The van der Waals surface area contributed by atoms with Gasteiger partial charge in [0.2, 0.25) is 0 Å². The maximum atomic E-state index is 13.2. The summed E-state index contributed by atoms with van der Waals surface area (Å²) in [6.07, 6.45) is 0.734. The molecule has 0 saturated carbocycles. The van der Waals surface area contributed by atoms with Crippen molar-refractivity contribution in [2.24, 2.45) is 5.18 Å². The maximum absolute atomic E-state index is 13.2. The first-order chi connectivity index (χ1) is 13.9. The van der Waals surface area contributed by atoms with Crippen LogP contribution < -0.4 is 5.56 Å². The molecule has 0 fully saturated rings. The highest BCUT2D eigenvalue weighted by atomic mass is 127. The third-order valence-electron chi connectivity index (χ3n) is 5.84. The fourth-order valence-corrected chi connectivity index (χ4v) is 4.98. The lowest BCUT2D eigenvalue weighted by Crippen LogP contribution is -2.38. The first kappa shape index (κ1) is 18.4. The van der Waals surface area contributed by atoms with E-state index < -0.39 is 3.42 Å². The molecular weight excluding hydrogens is 485 g/mol. The Bertz CT molecular complexity index is 1310. The van der Waals surface area contributed by atoms with Crippen LogP contribution in [0, 0.1) is 4.91 Å². The Hall–Kier alpha value is -2.62. The van der Waals surface area contributed by atoms with Crippen molar-refractivity contribution >= 4 is 45.2 Å². The number of carbonyl (C=O) groups is 1. The minimum absolute atomic E-state index is 0.00732. The van der Waals surface area contributed by atoms with Crippen LogP contribution in [0.1, 0.15) is 36.1 Å². The summed E-state index contributed by atoms with van der Waals surface area (Å²) < 4.78 is 6.04. The van der Waals surface area contributed by atoms with E-state index >= 15 is 0 Å². The molecule has 29 heavy (non-hydrogen) atoms. The number of nitrogens with zero attached hydrogens (tertiary/aromatic N) is 3. The number of esters is 1. The minimum atomic E-state index is -0.919. The molecule has 5 rings (SSSR count). The van der Waals surface area contributed by atoms with E-state index in [0.29, 0.717) is 23.4 Å². The molecule has 4 heterocycles. The Balaban J connectivity index is 1.83. The topological polar surface area (TPSA) is 90.6 Å². The van der Waals surface area contributed by atoms with Gasteiger partial charge in [-0.1, -0.05) is 29.5 Å². The molecular formula is C21H16IN3O4. The van der Waals surface area contributed by atoms with E-state index in [0.717, 1.165) is 39.8 Å². The van der Waals surface area contributed by atoms with Crippen LogP contribution in [-0.2, 0) is 32.5 Å². The number of pyridine rings is 2. The second-order valence-electron chi connectivity index (χ2n) is 7.46. The third-order valence-corrected chi connectivity index (χ3v) is 6.86. The van der Waals surface area contributed by atoms with E-state index in [9.17, 15) is 14.5 Å². The van der Waals surface area contributed by atoms with Crippen molar-refractivity contribution in [3.05, 3.63) is 61.8 Å². The molecule has 1 aromatic carbocycles. The lowest BCUT2D eigenvalue weighted by atomic mass is 9.93. The first-order valence-corrected chi connectivity index (χ1v) is 10.4. The molecule has 146 valence electrons. The normalized spacial score (nSPS) is 19.5. The lowest BCUT2D eigenvalue weighted by Gasteiger charge is -2.29. The van der Waals surface area contributed by atoms with Crippen LogP contribution in [0.2, 0.25) is 0 Å². The molecule has 0 unspecified atom stereocenters. The standard InChI is InChI=1S/C21H16IN3O4/c1-3-11-12-6-10(24-28)4-5-16(12)23-18-13(11)8-25-17(18)7-15-14(19(25)26)9-29-20(27)21(15,2)22/h4-7H,3,8-9H2,1-2H3/t21-/m1/s1. The molecule has 0 saturated heterocycles. The monoisotopic (exact) mass is 501 g/mol. The molecule has 0 bridgehead atoms. The SMILES string of the molecule is CCc1c2c(nc3ccc(N=O)cc13)-c1cc3c(c(=O)n1C2)COC(=O)[C@]3(C)I. The molecule has 0 amide bonds. The molecule has 0 N–H and O–H groups in total. The van der Waals surface area contributed by atoms with E-state index in [1.54, 1.807) is 29.7 Å². The molecule has 7 nitrogen and oxygen atoms in total. The Kier molecular flexibility index (Phi) is 3.93. The van der Waals surface area contributed by atoms with Gasteiger partial charge in [0.25, 0.3) is 5.56 Å². The van der Waals surface area contributed by atoms with Gasteiger partial charge in [0, 0.05) is 10.9 Å². The van der Waals surface area contributed by atoms with Gasteiger partial charge in [0.1, 0.15) is 15.7 Å². The molecule has 1 atom stereocenters. The number of alkyl halides is 1. The Morgan fingerprint density at radius 2 is 2.07 bits per heavy atom. The van der Waals surface area contributed by atoms with Crippen molar-refractivity contribution < 1.29 is 9.53 Å². The van der Waals surface area contributed by atoms with E-state index in [1.165, 1.54) is 0 Å². The van der Waals surface area contributed by atoms with E-state index in [-0.39, 0.29) is 18.1 Å². The molecule has 0 spiro atoms. The first-order valence-electron chi connectivity index (χ1n) is 9.29. The number of aromatic nitrogens is 2. The second kappa shape index (κ2) is 6.19. The van der Waals surface area contributed by atoms with E-state index in [2.05, 4.69) is 5.18 Å². The van der Waals surface area contributed by atoms with Gasteiger partial charge in [-0.05, 0) is 53.9 Å². The van der Waals surface area contributed by atoms with Gasteiger partial charge in [-0.3, -0.25) is 9.59 Å². The minimum Gasteiger partial charge on any atom is -0.459 e. The van der Waals surface area contributed by atoms with Crippen LogP contribution >= 0.6 is 22.6 Å². The van der Waals surface area contributed by atoms with Crippen molar-refractivity contribution in [2.45, 2.75) is 36.8 Å². The number of fused-ring (bicyclic) bond motifs is 5. The highest BCUT2D eigenvalue weighted by molar-refractivity contribution is 14.1. The van der Waals surface area contributed by atoms with E-state index in [1.807, 2.05) is 35.6 Å². The van der Waals surface area contributed by atoms with Gasteiger partial charge < -0.3 is 9.30 Å². The summed E-state index contributed by atoms with van der Waals surface area (Å²) in [5.74, 6) is -0.345. The van der Waals surface area contributed by atoms with Gasteiger partial charge in [0.15, 0.2) is 0 Å². The summed E-state index contributed by atoms with van der Waals surface area (Å²) in [5.41, 5.74) is 5.68. The third kappa shape index (κ3) is 2.44. The summed E-state index contributed by atoms with van der Waals surface area (Å²) in [5, 5.41) is 3.92. The number of hydrogen-bond donors (Lipinski definition) is 0. The molecule has 2 aliphatic heterocycles. The van der Waals surface area contributed by atoms with Gasteiger partial charge in [-0.15, -0.1) is 4.91 Å². The van der Waals surface area contributed by atoms with Crippen LogP contribution in [0.15, 0.2) is 34.2 Å². The van der Waals surface area contributed by atoms with Crippen LogP contribution in [0.5, 0.6) is 0 Å². The maximum Gasteiger partial charge on any atom is 0.326 e. The number of aryl methyl sites for hydroxylation is 1. The van der Waals surface area contributed by atoms with Crippen molar-refractivity contribution in [2.75, 3.05) is 0 Å². The predicted octanol–water partition coefficient (Wildman–Crippen LogP) is 4.09. The van der Waals surface area contributed by atoms with E-state index in [4.69, 9.17) is 9.72 Å². The Morgan fingerprint density at radius 1 is 1.28 bits per heavy atom. The summed E-state index contributed by atoms with van der Waals surface area (Å²) in [4.78, 5) is 41.3. The quantitative estimate of drug-likeness (QED) is 0.179. The molecule has 0 radical (unpaired) electrons. The van der Waals surface area contributed by atoms with Crippen LogP contribution in [0.4, 0.5) is 5.69 Å².